The second-order valence-electron chi connectivity index (χ2n) is 5.48. The number of benzene rings is 1. The van der Waals surface area contributed by atoms with Crippen LogP contribution >= 0.6 is 11.6 Å². The number of amides is 1. The quantitative estimate of drug-likeness (QED) is 0.945. The maximum atomic E-state index is 12.5. The Hall–Kier alpha value is -1.85. The van der Waals surface area contributed by atoms with E-state index in [1.165, 1.54) is 0 Å². The van der Waals surface area contributed by atoms with Crippen LogP contribution in [0, 0.1) is 0 Å². The highest BCUT2D eigenvalue weighted by Crippen LogP contribution is 2.16. The van der Waals surface area contributed by atoms with Gasteiger partial charge in [0.15, 0.2) is 5.69 Å². The number of hydrogen-bond acceptors (Lipinski definition) is 3. The summed E-state index contributed by atoms with van der Waals surface area (Å²) < 4.78 is 1.68. The Morgan fingerprint density at radius 1 is 1.32 bits per heavy atom. The van der Waals surface area contributed by atoms with E-state index < -0.39 is 0 Å². The third-order valence-electron chi connectivity index (χ3n) is 4.07. The number of aromatic nitrogens is 2. The molecule has 2 aromatic rings. The molecule has 5 nitrogen and oxygen atoms in total. The summed E-state index contributed by atoms with van der Waals surface area (Å²) in [6, 6.07) is 9.67. The fourth-order valence-electron chi connectivity index (χ4n) is 2.73. The van der Waals surface area contributed by atoms with Crippen molar-refractivity contribution in [2.75, 3.05) is 20.1 Å². The Kier molecular flexibility index (Phi) is 4.45. The van der Waals surface area contributed by atoms with Crippen LogP contribution in [0.5, 0.6) is 0 Å². The molecule has 0 bridgehead atoms. The second kappa shape index (κ2) is 6.50. The summed E-state index contributed by atoms with van der Waals surface area (Å²) in [4.78, 5) is 14.4. The van der Waals surface area contributed by atoms with Gasteiger partial charge in [-0.05, 0) is 44.2 Å². The summed E-state index contributed by atoms with van der Waals surface area (Å²) in [7, 11) is 1.97. The summed E-state index contributed by atoms with van der Waals surface area (Å²) in [6.45, 7) is 1.54. The van der Waals surface area contributed by atoms with Gasteiger partial charge in [-0.25, -0.2) is 4.68 Å². The zero-order chi connectivity index (χ0) is 15.5. The molecule has 0 radical (unpaired) electrons. The van der Waals surface area contributed by atoms with Crippen molar-refractivity contribution >= 4 is 17.5 Å². The number of carbonyl (C=O) groups excluding carboxylic acids is 1. The van der Waals surface area contributed by atoms with Crippen molar-refractivity contribution in [3.05, 3.63) is 47.2 Å². The predicted octanol–water partition coefficient (Wildman–Crippen LogP) is 2.35. The highest BCUT2D eigenvalue weighted by molar-refractivity contribution is 6.30. The molecule has 0 aliphatic carbocycles. The molecular formula is C16H19ClN4O. The van der Waals surface area contributed by atoms with Crippen molar-refractivity contribution in [2.24, 2.45) is 0 Å². The highest BCUT2D eigenvalue weighted by atomic mass is 35.5. The zero-order valence-corrected chi connectivity index (χ0v) is 13.3. The molecular weight excluding hydrogens is 300 g/mol. The maximum absolute atomic E-state index is 12.5. The number of likely N-dealkylation sites (tertiary alicyclic amines) is 1. The molecule has 1 aliphatic rings. The molecule has 1 fully saturated rings. The number of nitrogens with one attached hydrogen (secondary N) is 1. The topological polar surface area (TPSA) is 50.2 Å². The Bertz CT molecular complexity index is 662. The third kappa shape index (κ3) is 3.15. The average Bonchev–Trinajstić information content (AvgIpc) is 3.04. The average molecular weight is 319 g/mol. The Morgan fingerprint density at radius 3 is 2.77 bits per heavy atom. The summed E-state index contributed by atoms with van der Waals surface area (Å²) >= 11 is 5.99. The van der Waals surface area contributed by atoms with Crippen LogP contribution in [0.15, 0.2) is 36.5 Å². The van der Waals surface area contributed by atoms with E-state index in [-0.39, 0.29) is 5.91 Å². The molecule has 0 atom stereocenters. The second-order valence-corrected chi connectivity index (χ2v) is 5.92. The molecule has 0 spiro atoms. The van der Waals surface area contributed by atoms with Crippen LogP contribution in [0.25, 0.3) is 5.69 Å². The zero-order valence-electron chi connectivity index (χ0n) is 12.5. The Morgan fingerprint density at radius 2 is 2.09 bits per heavy atom. The molecule has 1 amide bonds. The number of nitrogens with zero attached hydrogens (tertiary/aromatic N) is 3. The molecule has 6 heteroatoms. The number of rotatable bonds is 3. The lowest BCUT2D eigenvalue weighted by Crippen LogP contribution is -2.44. The molecule has 1 aromatic heterocycles. The smallest absolute Gasteiger partial charge is 0.274 e. The minimum atomic E-state index is -0.00432. The van der Waals surface area contributed by atoms with Gasteiger partial charge in [0.1, 0.15) is 0 Å². The van der Waals surface area contributed by atoms with Gasteiger partial charge in [-0.3, -0.25) is 4.79 Å². The van der Waals surface area contributed by atoms with Crippen LogP contribution in [-0.4, -0.2) is 46.8 Å². The first-order chi connectivity index (χ1) is 10.7. The molecule has 2 heterocycles. The standard InChI is InChI=1S/C16H19ClN4O/c1-18-13-5-8-20(9-6-13)16(22)15-7-10-21(19-15)14-4-2-3-12(17)11-14/h2-4,7,10-11,13,18H,5-6,8-9H2,1H3. The van der Waals surface area contributed by atoms with Gasteiger partial charge >= 0.3 is 0 Å². The summed E-state index contributed by atoms with van der Waals surface area (Å²) in [5, 5.41) is 8.30. The van der Waals surface area contributed by atoms with Gasteiger partial charge in [-0.1, -0.05) is 17.7 Å². The van der Waals surface area contributed by atoms with E-state index in [0.717, 1.165) is 31.6 Å². The first-order valence-electron chi connectivity index (χ1n) is 7.45. The Labute approximate surface area is 134 Å². The van der Waals surface area contributed by atoms with E-state index in [4.69, 9.17) is 11.6 Å². The van der Waals surface area contributed by atoms with E-state index in [1.807, 2.05) is 36.2 Å². The minimum absolute atomic E-state index is 0.00432. The van der Waals surface area contributed by atoms with Gasteiger partial charge in [-0.15, -0.1) is 0 Å². The largest absolute Gasteiger partial charge is 0.337 e. The number of hydrogen-bond donors (Lipinski definition) is 1. The Balaban J connectivity index is 1.72. The van der Waals surface area contributed by atoms with Crippen molar-refractivity contribution < 1.29 is 4.79 Å². The fraction of sp³-hybridized carbons (Fsp3) is 0.375. The normalized spacial score (nSPS) is 16.0. The lowest BCUT2D eigenvalue weighted by Gasteiger charge is -2.31. The lowest BCUT2D eigenvalue weighted by atomic mass is 10.1. The van der Waals surface area contributed by atoms with Gasteiger partial charge in [0, 0.05) is 30.4 Å². The SMILES string of the molecule is CNC1CCN(C(=O)c2ccn(-c3cccc(Cl)c3)n2)CC1. The van der Waals surface area contributed by atoms with Crippen LogP contribution < -0.4 is 5.32 Å². The predicted molar refractivity (Wildman–Crippen MR) is 86.6 cm³/mol. The fourth-order valence-corrected chi connectivity index (χ4v) is 2.92. The molecule has 0 saturated carbocycles. The molecule has 1 N–H and O–H groups in total. The highest BCUT2D eigenvalue weighted by Gasteiger charge is 2.24. The van der Waals surface area contributed by atoms with Crippen molar-refractivity contribution in [2.45, 2.75) is 18.9 Å². The summed E-state index contributed by atoms with van der Waals surface area (Å²) in [6.07, 6.45) is 3.76. The van der Waals surface area contributed by atoms with Gasteiger partial charge in [-0.2, -0.15) is 5.10 Å². The maximum Gasteiger partial charge on any atom is 0.274 e. The molecule has 3 rings (SSSR count). The third-order valence-corrected chi connectivity index (χ3v) is 4.31. The van der Waals surface area contributed by atoms with Crippen LogP contribution in [0.3, 0.4) is 0 Å². The minimum Gasteiger partial charge on any atom is -0.337 e. The number of halogens is 1. The van der Waals surface area contributed by atoms with E-state index >= 15 is 0 Å². The van der Waals surface area contributed by atoms with Crippen molar-refractivity contribution in [3.8, 4) is 5.69 Å². The van der Waals surface area contributed by atoms with E-state index in [1.54, 1.807) is 16.9 Å². The van der Waals surface area contributed by atoms with Crippen LogP contribution in [0.4, 0.5) is 0 Å². The van der Waals surface area contributed by atoms with Gasteiger partial charge in [0.05, 0.1) is 5.69 Å². The van der Waals surface area contributed by atoms with E-state index in [9.17, 15) is 4.79 Å². The van der Waals surface area contributed by atoms with Crippen molar-refractivity contribution in [1.82, 2.24) is 20.0 Å². The van der Waals surface area contributed by atoms with Gasteiger partial charge in [0.25, 0.3) is 5.91 Å². The molecule has 22 heavy (non-hydrogen) atoms. The molecule has 116 valence electrons. The number of piperidine rings is 1. The van der Waals surface area contributed by atoms with Crippen LogP contribution in [0.1, 0.15) is 23.3 Å². The summed E-state index contributed by atoms with van der Waals surface area (Å²) in [5.74, 6) is -0.00432. The van der Waals surface area contributed by atoms with Gasteiger partial charge in [0.2, 0.25) is 0 Å². The van der Waals surface area contributed by atoms with E-state index in [0.29, 0.717) is 16.8 Å². The van der Waals surface area contributed by atoms with Crippen LogP contribution in [-0.2, 0) is 0 Å². The van der Waals surface area contributed by atoms with Crippen LogP contribution in [0.2, 0.25) is 5.02 Å². The molecule has 1 aliphatic heterocycles. The lowest BCUT2D eigenvalue weighted by molar-refractivity contribution is 0.0701. The van der Waals surface area contributed by atoms with Crippen molar-refractivity contribution in [3.63, 3.8) is 0 Å². The van der Waals surface area contributed by atoms with Crippen molar-refractivity contribution in [1.29, 1.82) is 0 Å². The van der Waals surface area contributed by atoms with E-state index in [2.05, 4.69) is 10.4 Å². The monoisotopic (exact) mass is 318 g/mol. The molecule has 1 aromatic carbocycles. The summed E-state index contributed by atoms with van der Waals surface area (Å²) in [5.41, 5.74) is 1.32. The molecule has 1 saturated heterocycles. The first kappa shape index (κ1) is 15.1. The first-order valence-corrected chi connectivity index (χ1v) is 7.83. The molecule has 0 unspecified atom stereocenters. The van der Waals surface area contributed by atoms with Gasteiger partial charge < -0.3 is 10.2 Å². The number of carbonyl (C=O) groups is 1.